The third-order valence-electron chi connectivity index (χ3n) is 2.65. The molecule has 1 amide bonds. The summed E-state index contributed by atoms with van der Waals surface area (Å²) >= 11 is 0. The number of anilines is 1. The minimum atomic E-state index is -2.76. The molecule has 1 unspecified atom stereocenters. The van der Waals surface area contributed by atoms with Gasteiger partial charge in [-0.25, -0.2) is 8.78 Å². The van der Waals surface area contributed by atoms with Crippen LogP contribution in [0, 0.1) is 0 Å². The van der Waals surface area contributed by atoms with Crippen LogP contribution in [0.15, 0.2) is 18.2 Å². The molecule has 0 radical (unpaired) electrons. The Kier molecular flexibility index (Phi) is 4.28. The molecule has 0 fully saturated rings. The second-order valence-corrected chi connectivity index (χ2v) is 4.20. The Morgan fingerprint density at radius 2 is 2.26 bits per heavy atom. The van der Waals surface area contributed by atoms with Gasteiger partial charge in [-0.15, -0.1) is 0 Å². The zero-order valence-electron chi connectivity index (χ0n) is 10.0. The molecule has 0 aromatic heterocycles. The van der Waals surface area contributed by atoms with Crippen LogP contribution in [-0.2, 0) is 11.3 Å². The molecule has 1 atom stereocenters. The highest BCUT2D eigenvalue weighted by molar-refractivity contribution is 5.95. The van der Waals surface area contributed by atoms with Crippen molar-refractivity contribution in [1.29, 1.82) is 0 Å². The molecule has 3 N–H and O–H groups in total. The number of rotatable bonds is 5. The number of hydrogen-bond donors (Lipinski definition) is 3. The Morgan fingerprint density at radius 3 is 3.00 bits per heavy atom. The molecule has 1 aliphatic rings. The molecule has 0 saturated heterocycles. The second-order valence-electron chi connectivity index (χ2n) is 4.20. The number of benzene rings is 1. The largest absolute Gasteiger partial charge is 0.482 e. The van der Waals surface area contributed by atoms with Gasteiger partial charge < -0.3 is 20.5 Å². The Morgan fingerprint density at radius 1 is 1.47 bits per heavy atom. The van der Waals surface area contributed by atoms with Crippen molar-refractivity contribution in [1.82, 2.24) is 5.32 Å². The lowest BCUT2D eigenvalue weighted by atomic mass is 10.1. The van der Waals surface area contributed by atoms with E-state index in [2.05, 4.69) is 10.6 Å². The van der Waals surface area contributed by atoms with Crippen LogP contribution in [0.2, 0.25) is 0 Å². The summed E-state index contributed by atoms with van der Waals surface area (Å²) in [6, 6.07) is 5.17. The van der Waals surface area contributed by atoms with E-state index in [9.17, 15) is 13.6 Å². The zero-order valence-corrected chi connectivity index (χ0v) is 10.0. The molecular formula is C12H14F2N2O3. The van der Waals surface area contributed by atoms with E-state index in [0.29, 0.717) is 18.0 Å². The van der Waals surface area contributed by atoms with Crippen molar-refractivity contribution in [2.45, 2.75) is 19.1 Å². The fourth-order valence-corrected chi connectivity index (χ4v) is 1.69. The van der Waals surface area contributed by atoms with E-state index in [-0.39, 0.29) is 19.1 Å². The number of nitrogens with one attached hydrogen (secondary N) is 2. The number of alkyl halides is 2. The molecule has 0 saturated carbocycles. The summed E-state index contributed by atoms with van der Waals surface area (Å²) in [5.41, 5.74) is 1.36. The number of amides is 1. The van der Waals surface area contributed by atoms with Crippen molar-refractivity contribution in [2.75, 3.05) is 18.5 Å². The first-order chi connectivity index (χ1) is 9.06. The van der Waals surface area contributed by atoms with Crippen LogP contribution in [-0.4, -0.2) is 36.7 Å². The van der Waals surface area contributed by atoms with Gasteiger partial charge in [0, 0.05) is 13.1 Å². The predicted octanol–water partition coefficient (Wildman–Crippen LogP) is 0.733. The molecule has 19 heavy (non-hydrogen) atoms. The standard InChI is InChI=1S/C12H14F2N2O3/c13-12(14)9(17)5-15-4-7-1-2-10-8(3-7)16-11(18)6-19-10/h1-3,9,12,15,17H,4-6H2,(H,16,18). The van der Waals surface area contributed by atoms with Crippen LogP contribution in [0.1, 0.15) is 5.56 Å². The highest BCUT2D eigenvalue weighted by atomic mass is 19.3. The van der Waals surface area contributed by atoms with Crippen LogP contribution < -0.4 is 15.4 Å². The number of ether oxygens (including phenoxy) is 1. The van der Waals surface area contributed by atoms with Gasteiger partial charge in [-0.2, -0.15) is 0 Å². The monoisotopic (exact) mass is 272 g/mol. The predicted molar refractivity (Wildman–Crippen MR) is 64.3 cm³/mol. The van der Waals surface area contributed by atoms with Gasteiger partial charge in [0.25, 0.3) is 12.3 Å². The van der Waals surface area contributed by atoms with Gasteiger partial charge in [0.15, 0.2) is 6.61 Å². The Labute approximate surface area is 108 Å². The minimum Gasteiger partial charge on any atom is -0.482 e. The number of aliphatic hydroxyl groups excluding tert-OH is 1. The molecule has 7 heteroatoms. The average Bonchev–Trinajstić information content (AvgIpc) is 2.38. The van der Waals surface area contributed by atoms with Crippen molar-refractivity contribution in [3.05, 3.63) is 23.8 Å². The zero-order chi connectivity index (χ0) is 13.8. The molecule has 1 heterocycles. The summed E-state index contributed by atoms with van der Waals surface area (Å²) in [7, 11) is 0. The van der Waals surface area contributed by atoms with Gasteiger partial charge in [0.1, 0.15) is 11.9 Å². The SMILES string of the molecule is O=C1COc2ccc(CNCC(O)C(F)F)cc2N1. The summed E-state index contributed by atoms with van der Waals surface area (Å²) in [5.74, 6) is 0.349. The maximum Gasteiger partial charge on any atom is 0.265 e. The van der Waals surface area contributed by atoms with Gasteiger partial charge in [-0.3, -0.25) is 4.79 Å². The second kappa shape index (κ2) is 5.94. The van der Waals surface area contributed by atoms with E-state index >= 15 is 0 Å². The Balaban J connectivity index is 1.91. The van der Waals surface area contributed by atoms with Gasteiger partial charge >= 0.3 is 0 Å². The smallest absolute Gasteiger partial charge is 0.265 e. The molecule has 0 bridgehead atoms. The third-order valence-corrected chi connectivity index (χ3v) is 2.65. The lowest BCUT2D eigenvalue weighted by Crippen LogP contribution is -2.31. The lowest BCUT2D eigenvalue weighted by Gasteiger charge is -2.18. The maximum atomic E-state index is 12.1. The van der Waals surface area contributed by atoms with E-state index in [0.717, 1.165) is 5.56 Å². The summed E-state index contributed by atoms with van der Waals surface area (Å²) < 4.78 is 29.3. The Hall–Kier alpha value is -1.73. The molecule has 1 aliphatic heterocycles. The normalized spacial score (nSPS) is 15.7. The molecule has 1 aromatic carbocycles. The van der Waals surface area contributed by atoms with Crippen LogP contribution >= 0.6 is 0 Å². The number of fused-ring (bicyclic) bond motifs is 1. The number of carbonyl (C=O) groups excluding carboxylic acids is 1. The van der Waals surface area contributed by atoms with Crippen LogP contribution in [0.3, 0.4) is 0 Å². The van der Waals surface area contributed by atoms with E-state index < -0.39 is 12.5 Å². The number of aliphatic hydroxyl groups is 1. The fourth-order valence-electron chi connectivity index (χ4n) is 1.69. The van der Waals surface area contributed by atoms with Crippen molar-refractivity contribution in [3.63, 3.8) is 0 Å². The Bertz CT molecular complexity index is 468. The lowest BCUT2D eigenvalue weighted by molar-refractivity contribution is -0.118. The summed E-state index contributed by atoms with van der Waals surface area (Å²) in [6.45, 7) is 0.107. The molecule has 104 valence electrons. The van der Waals surface area contributed by atoms with Gasteiger partial charge in [0.05, 0.1) is 5.69 Å². The van der Waals surface area contributed by atoms with Crippen LogP contribution in [0.5, 0.6) is 5.75 Å². The van der Waals surface area contributed by atoms with Crippen molar-refractivity contribution < 1.29 is 23.4 Å². The summed E-state index contributed by atoms with van der Waals surface area (Å²) in [5, 5.41) is 14.3. The first kappa shape index (κ1) is 13.7. The van der Waals surface area contributed by atoms with E-state index in [1.165, 1.54) is 0 Å². The highest BCUT2D eigenvalue weighted by Crippen LogP contribution is 2.28. The number of hydrogen-bond acceptors (Lipinski definition) is 4. The summed E-state index contributed by atoms with van der Waals surface area (Å²) in [6.07, 6.45) is -4.44. The first-order valence-corrected chi connectivity index (χ1v) is 5.79. The number of carbonyl (C=O) groups is 1. The van der Waals surface area contributed by atoms with Crippen molar-refractivity contribution >= 4 is 11.6 Å². The molecule has 0 aliphatic carbocycles. The molecule has 0 spiro atoms. The first-order valence-electron chi connectivity index (χ1n) is 5.79. The van der Waals surface area contributed by atoms with E-state index in [1.54, 1.807) is 18.2 Å². The third kappa shape index (κ3) is 3.62. The van der Waals surface area contributed by atoms with Gasteiger partial charge in [-0.05, 0) is 17.7 Å². The van der Waals surface area contributed by atoms with E-state index in [4.69, 9.17) is 9.84 Å². The molecule has 1 aromatic rings. The highest BCUT2D eigenvalue weighted by Gasteiger charge is 2.17. The molecule has 2 rings (SSSR count). The van der Waals surface area contributed by atoms with Crippen LogP contribution in [0.25, 0.3) is 0 Å². The minimum absolute atomic E-state index is 0.00875. The van der Waals surface area contributed by atoms with E-state index in [1.807, 2.05) is 0 Å². The molecule has 5 nitrogen and oxygen atoms in total. The topological polar surface area (TPSA) is 70.6 Å². The average molecular weight is 272 g/mol. The number of halogens is 2. The fraction of sp³-hybridized carbons (Fsp3) is 0.417. The van der Waals surface area contributed by atoms with Crippen molar-refractivity contribution in [3.8, 4) is 5.75 Å². The van der Waals surface area contributed by atoms with Crippen molar-refractivity contribution in [2.24, 2.45) is 0 Å². The van der Waals surface area contributed by atoms with Gasteiger partial charge in [0.2, 0.25) is 0 Å². The van der Waals surface area contributed by atoms with Crippen LogP contribution in [0.4, 0.5) is 14.5 Å². The summed E-state index contributed by atoms with van der Waals surface area (Å²) in [4.78, 5) is 11.1. The quantitative estimate of drug-likeness (QED) is 0.739. The maximum absolute atomic E-state index is 12.1. The molecular weight excluding hydrogens is 258 g/mol. The van der Waals surface area contributed by atoms with Gasteiger partial charge in [-0.1, -0.05) is 6.07 Å².